The van der Waals surface area contributed by atoms with Gasteiger partial charge in [0.1, 0.15) is 6.04 Å². The molecular formula is C19H28N4O2. The highest BCUT2D eigenvalue weighted by Gasteiger charge is 2.33. The van der Waals surface area contributed by atoms with E-state index in [9.17, 15) is 9.59 Å². The maximum Gasteiger partial charge on any atom is 0.315 e. The number of hydrogen-bond acceptors (Lipinski definition) is 3. The minimum absolute atomic E-state index is 0.0312. The first-order valence-corrected chi connectivity index (χ1v) is 9.30. The topological polar surface area (TPSA) is 64.7 Å². The predicted octanol–water partition coefficient (Wildman–Crippen LogP) is 1.82. The van der Waals surface area contributed by atoms with Crippen LogP contribution >= 0.6 is 0 Å². The summed E-state index contributed by atoms with van der Waals surface area (Å²) in [5, 5.41) is 5.78. The van der Waals surface area contributed by atoms with E-state index >= 15 is 0 Å². The quantitative estimate of drug-likeness (QED) is 0.827. The Hall–Kier alpha value is -2.08. The lowest BCUT2D eigenvalue weighted by atomic mass is 10.1. The van der Waals surface area contributed by atoms with E-state index < -0.39 is 6.04 Å². The van der Waals surface area contributed by atoms with E-state index in [4.69, 9.17) is 0 Å². The third-order valence-corrected chi connectivity index (χ3v) is 5.04. The van der Waals surface area contributed by atoms with Gasteiger partial charge in [0.05, 0.1) is 0 Å². The maximum atomic E-state index is 12.5. The van der Waals surface area contributed by atoms with E-state index in [2.05, 4.69) is 22.5 Å². The van der Waals surface area contributed by atoms with Crippen LogP contribution in [0.3, 0.4) is 0 Å². The molecule has 0 saturated carbocycles. The molecule has 136 valence electrons. The second-order valence-electron chi connectivity index (χ2n) is 6.98. The molecule has 2 aliphatic rings. The predicted molar refractivity (Wildman–Crippen MR) is 98.6 cm³/mol. The molecule has 0 bridgehead atoms. The van der Waals surface area contributed by atoms with Gasteiger partial charge in [-0.25, -0.2) is 4.79 Å². The molecule has 1 aromatic carbocycles. The van der Waals surface area contributed by atoms with Crippen LogP contribution in [0.5, 0.6) is 0 Å². The van der Waals surface area contributed by atoms with Gasteiger partial charge in [-0.05, 0) is 50.4 Å². The summed E-state index contributed by atoms with van der Waals surface area (Å²) in [7, 11) is 0. The number of likely N-dealkylation sites (tertiary alicyclic amines) is 1. The van der Waals surface area contributed by atoms with E-state index in [0.717, 1.165) is 31.7 Å². The summed E-state index contributed by atoms with van der Waals surface area (Å²) in [5.74, 6) is 0.480. The maximum absolute atomic E-state index is 12.5. The molecule has 6 nitrogen and oxygen atoms in total. The molecule has 2 heterocycles. The second-order valence-corrected chi connectivity index (χ2v) is 6.98. The zero-order valence-electron chi connectivity index (χ0n) is 14.9. The highest BCUT2D eigenvalue weighted by molar-refractivity contribution is 6.01. The highest BCUT2D eigenvalue weighted by atomic mass is 16.2. The first kappa shape index (κ1) is 17.7. The Kier molecular flexibility index (Phi) is 5.91. The van der Waals surface area contributed by atoms with Crippen molar-refractivity contribution in [1.82, 2.24) is 15.5 Å². The van der Waals surface area contributed by atoms with Crippen molar-refractivity contribution in [3.63, 3.8) is 0 Å². The third kappa shape index (κ3) is 4.51. The lowest BCUT2D eigenvalue weighted by Gasteiger charge is -2.18. The molecule has 0 spiro atoms. The van der Waals surface area contributed by atoms with Crippen LogP contribution in [0.1, 0.15) is 26.2 Å². The lowest BCUT2D eigenvalue weighted by molar-refractivity contribution is -0.118. The number of carbonyl (C=O) groups is 2. The number of nitrogens with one attached hydrogen (secondary N) is 2. The monoisotopic (exact) mass is 344 g/mol. The molecule has 2 atom stereocenters. The summed E-state index contributed by atoms with van der Waals surface area (Å²) in [4.78, 5) is 28.8. The number of amides is 3. The van der Waals surface area contributed by atoms with Crippen LogP contribution in [0.4, 0.5) is 10.5 Å². The standard InChI is InChI=1S/C19H28N4O2/c1-2-10-22-11-8-15(14-22)13-20-19(25)21-17-9-12-23(18(17)24)16-6-4-3-5-7-16/h3-7,15,17H,2,8-14H2,1H3,(H2,20,21,25). The summed E-state index contributed by atoms with van der Waals surface area (Å²) in [6.07, 6.45) is 2.95. The van der Waals surface area contributed by atoms with Crippen LogP contribution in [0, 0.1) is 5.92 Å². The summed E-state index contributed by atoms with van der Waals surface area (Å²) in [6.45, 7) is 6.82. The average Bonchev–Trinajstić information content (AvgIpc) is 3.22. The first-order chi connectivity index (χ1) is 12.2. The van der Waals surface area contributed by atoms with Crippen molar-refractivity contribution in [2.24, 2.45) is 5.92 Å². The minimum atomic E-state index is -0.430. The third-order valence-electron chi connectivity index (χ3n) is 5.04. The Morgan fingerprint density at radius 2 is 2.00 bits per heavy atom. The zero-order valence-corrected chi connectivity index (χ0v) is 14.9. The van der Waals surface area contributed by atoms with Gasteiger partial charge in [0.25, 0.3) is 0 Å². The van der Waals surface area contributed by atoms with Crippen LogP contribution in [-0.4, -0.2) is 55.6 Å². The Morgan fingerprint density at radius 1 is 1.20 bits per heavy atom. The average molecular weight is 344 g/mol. The number of rotatable bonds is 6. The summed E-state index contributed by atoms with van der Waals surface area (Å²) in [5.41, 5.74) is 0.888. The molecule has 2 N–H and O–H groups in total. The van der Waals surface area contributed by atoms with E-state index in [1.54, 1.807) is 4.90 Å². The molecule has 0 aliphatic carbocycles. The van der Waals surface area contributed by atoms with Gasteiger partial charge >= 0.3 is 6.03 Å². The lowest BCUT2D eigenvalue weighted by Crippen LogP contribution is -2.47. The highest BCUT2D eigenvalue weighted by Crippen LogP contribution is 2.21. The van der Waals surface area contributed by atoms with Gasteiger partial charge in [-0.1, -0.05) is 25.1 Å². The Labute approximate surface area is 149 Å². The van der Waals surface area contributed by atoms with E-state index in [-0.39, 0.29) is 11.9 Å². The summed E-state index contributed by atoms with van der Waals surface area (Å²) in [6, 6.07) is 8.93. The van der Waals surface area contributed by atoms with Crippen LogP contribution < -0.4 is 15.5 Å². The van der Waals surface area contributed by atoms with Crippen LogP contribution in [0.25, 0.3) is 0 Å². The van der Waals surface area contributed by atoms with Crippen molar-refractivity contribution < 1.29 is 9.59 Å². The molecule has 0 aromatic heterocycles. The van der Waals surface area contributed by atoms with Crippen molar-refractivity contribution in [1.29, 1.82) is 0 Å². The number of benzene rings is 1. The van der Waals surface area contributed by atoms with Crippen LogP contribution in [-0.2, 0) is 4.79 Å². The van der Waals surface area contributed by atoms with Crippen LogP contribution in [0.15, 0.2) is 30.3 Å². The zero-order chi connectivity index (χ0) is 17.6. The molecular weight excluding hydrogens is 316 g/mol. The largest absolute Gasteiger partial charge is 0.338 e. The number of para-hydroxylation sites is 1. The van der Waals surface area contributed by atoms with Crippen molar-refractivity contribution in [2.45, 2.75) is 32.2 Å². The second kappa shape index (κ2) is 8.34. The molecule has 2 saturated heterocycles. The summed E-state index contributed by atoms with van der Waals surface area (Å²) < 4.78 is 0. The number of hydrogen-bond donors (Lipinski definition) is 2. The molecule has 1 aromatic rings. The fraction of sp³-hybridized carbons (Fsp3) is 0.579. The SMILES string of the molecule is CCCN1CCC(CNC(=O)NC2CCN(c3ccccc3)C2=O)C1. The van der Waals surface area contributed by atoms with Gasteiger partial charge in [-0.3, -0.25) is 4.79 Å². The van der Waals surface area contributed by atoms with E-state index in [1.165, 1.54) is 6.42 Å². The molecule has 3 rings (SSSR count). The number of urea groups is 1. The van der Waals surface area contributed by atoms with Crippen molar-refractivity contribution in [2.75, 3.05) is 37.6 Å². The molecule has 25 heavy (non-hydrogen) atoms. The Balaban J connectivity index is 1.42. The van der Waals surface area contributed by atoms with E-state index in [1.807, 2.05) is 30.3 Å². The minimum Gasteiger partial charge on any atom is -0.338 e. The fourth-order valence-electron chi connectivity index (χ4n) is 3.72. The first-order valence-electron chi connectivity index (χ1n) is 9.30. The van der Waals surface area contributed by atoms with Crippen LogP contribution in [0.2, 0.25) is 0 Å². The van der Waals surface area contributed by atoms with Gasteiger partial charge < -0.3 is 20.4 Å². The Morgan fingerprint density at radius 3 is 2.76 bits per heavy atom. The number of nitrogens with zero attached hydrogens (tertiary/aromatic N) is 2. The molecule has 3 amide bonds. The fourth-order valence-corrected chi connectivity index (χ4v) is 3.72. The molecule has 2 aliphatic heterocycles. The smallest absolute Gasteiger partial charge is 0.315 e. The summed E-state index contributed by atoms with van der Waals surface area (Å²) >= 11 is 0. The number of carbonyl (C=O) groups excluding carboxylic acids is 2. The van der Waals surface area contributed by atoms with Crippen molar-refractivity contribution >= 4 is 17.6 Å². The van der Waals surface area contributed by atoms with Gasteiger partial charge in [0.15, 0.2) is 0 Å². The molecule has 2 fully saturated rings. The van der Waals surface area contributed by atoms with Crippen molar-refractivity contribution in [3.8, 4) is 0 Å². The Bertz CT molecular complexity index is 592. The molecule has 6 heteroatoms. The molecule has 0 radical (unpaired) electrons. The van der Waals surface area contributed by atoms with E-state index in [0.29, 0.717) is 25.4 Å². The number of anilines is 1. The molecule has 2 unspecified atom stereocenters. The van der Waals surface area contributed by atoms with Gasteiger partial charge in [0, 0.05) is 25.3 Å². The van der Waals surface area contributed by atoms with Gasteiger partial charge in [0.2, 0.25) is 5.91 Å². The normalized spacial score (nSPS) is 23.9. The van der Waals surface area contributed by atoms with Gasteiger partial charge in [-0.15, -0.1) is 0 Å². The van der Waals surface area contributed by atoms with Crippen molar-refractivity contribution in [3.05, 3.63) is 30.3 Å². The van der Waals surface area contributed by atoms with Gasteiger partial charge in [-0.2, -0.15) is 0 Å².